The third-order valence-electron chi connectivity index (χ3n) is 4.04. The van der Waals surface area contributed by atoms with Crippen LogP contribution in [0.5, 0.6) is 0 Å². The van der Waals surface area contributed by atoms with Crippen molar-refractivity contribution in [2.24, 2.45) is 0 Å². The van der Waals surface area contributed by atoms with Crippen LogP contribution >= 0.6 is 0 Å². The highest BCUT2D eigenvalue weighted by molar-refractivity contribution is 6.01. The minimum absolute atomic E-state index is 0.188. The lowest BCUT2D eigenvalue weighted by Crippen LogP contribution is -2.24. The summed E-state index contributed by atoms with van der Waals surface area (Å²) in [5.74, 6) is 0.670. The maximum atomic E-state index is 12.7. The fraction of sp³-hybridized carbons (Fsp3) is 0.235. The number of H-pyrrole nitrogens is 1. The Kier molecular flexibility index (Phi) is 4.07. The quantitative estimate of drug-likeness (QED) is 0.557. The molecule has 2 N–H and O–H groups in total. The number of aryl methyl sites for hydroxylation is 3. The molecule has 4 heterocycles. The van der Waals surface area contributed by atoms with E-state index in [1.165, 1.54) is 0 Å². The number of aromatic nitrogens is 8. The number of hydrogen-bond donors (Lipinski definition) is 2. The molecule has 0 aliphatic carbocycles. The zero-order valence-corrected chi connectivity index (χ0v) is 15.1. The van der Waals surface area contributed by atoms with Crippen LogP contribution in [0.2, 0.25) is 0 Å². The zero-order valence-electron chi connectivity index (χ0n) is 15.1. The maximum absolute atomic E-state index is 12.7. The van der Waals surface area contributed by atoms with Gasteiger partial charge in [-0.3, -0.25) is 14.9 Å². The molecule has 4 aromatic heterocycles. The third-order valence-corrected chi connectivity index (χ3v) is 4.04. The van der Waals surface area contributed by atoms with Gasteiger partial charge in [0.05, 0.1) is 18.4 Å². The van der Waals surface area contributed by atoms with Gasteiger partial charge in [-0.25, -0.2) is 19.5 Å². The van der Waals surface area contributed by atoms with Crippen molar-refractivity contribution in [3.8, 4) is 11.5 Å². The molecule has 10 heteroatoms. The molecule has 1 amide bonds. The summed E-state index contributed by atoms with van der Waals surface area (Å²) in [5.41, 5.74) is 3.92. The van der Waals surface area contributed by atoms with E-state index in [1.54, 1.807) is 30.0 Å². The second-order valence-electron chi connectivity index (χ2n) is 6.11. The molecule has 4 rings (SSSR count). The predicted octanol–water partition coefficient (Wildman–Crippen LogP) is 1.16. The lowest BCUT2D eigenvalue weighted by molar-refractivity contribution is 0.0950. The number of aromatic amines is 1. The normalized spacial score (nSPS) is 11.1. The fourth-order valence-corrected chi connectivity index (χ4v) is 2.85. The van der Waals surface area contributed by atoms with E-state index in [4.69, 9.17) is 0 Å². The van der Waals surface area contributed by atoms with Crippen molar-refractivity contribution in [1.29, 1.82) is 0 Å². The van der Waals surface area contributed by atoms with Gasteiger partial charge in [-0.15, -0.1) is 0 Å². The van der Waals surface area contributed by atoms with Gasteiger partial charge >= 0.3 is 0 Å². The van der Waals surface area contributed by atoms with Crippen molar-refractivity contribution in [3.05, 3.63) is 53.1 Å². The zero-order chi connectivity index (χ0) is 19.0. The molecular formula is C17H17N9O. The number of hydrogen-bond acceptors (Lipinski definition) is 7. The summed E-state index contributed by atoms with van der Waals surface area (Å²) in [6.07, 6.45) is 4.72. The van der Waals surface area contributed by atoms with Gasteiger partial charge in [0.2, 0.25) is 5.82 Å². The maximum Gasteiger partial charge on any atom is 0.257 e. The SMILES string of the molecule is Cc1cc(C)n2nc(C)c(C(=O)NCc3nc(-c4cnccn4)n[nH]3)c2n1. The van der Waals surface area contributed by atoms with Crippen LogP contribution in [-0.2, 0) is 6.54 Å². The lowest BCUT2D eigenvalue weighted by Gasteiger charge is -2.04. The van der Waals surface area contributed by atoms with Crippen molar-refractivity contribution >= 4 is 11.6 Å². The van der Waals surface area contributed by atoms with Gasteiger partial charge in [0, 0.05) is 23.8 Å². The summed E-state index contributed by atoms with van der Waals surface area (Å²) >= 11 is 0. The molecule has 0 bridgehead atoms. The van der Waals surface area contributed by atoms with E-state index < -0.39 is 0 Å². The standard InChI is InChI=1S/C17H17N9O/c1-9-6-10(2)26-16(21-9)14(11(3)25-26)17(27)20-8-13-22-15(24-23-13)12-7-18-4-5-19-12/h4-7H,8H2,1-3H3,(H,20,27)(H,22,23,24). The summed E-state index contributed by atoms with van der Waals surface area (Å²) < 4.78 is 1.68. The van der Waals surface area contributed by atoms with Gasteiger partial charge < -0.3 is 5.32 Å². The fourth-order valence-electron chi connectivity index (χ4n) is 2.85. The van der Waals surface area contributed by atoms with E-state index >= 15 is 0 Å². The number of amides is 1. The smallest absolute Gasteiger partial charge is 0.257 e. The molecular weight excluding hydrogens is 346 g/mol. The molecule has 136 valence electrons. The van der Waals surface area contributed by atoms with Crippen LogP contribution in [-0.4, -0.2) is 45.7 Å². The van der Waals surface area contributed by atoms with E-state index in [0.29, 0.717) is 34.2 Å². The average molecular weight is 363 g/mol. The van der Waals surface area contributed by atoms with Crippen molar-refractivity contribution in [2.75, 3.05) is 0 Å². The Balaban J connectivity index is 1.55. The second-order valence-corrected chi connectivity index (χ2v) is 6.11. The number of fused-ring (bicyclic) bond motifs is 1. The summed E-state index contributed by atoms with van der Waals surface area (Å²) in [6.45, 7) is 5.80. The van der Waals surface area contributed by atoms with Gasteiger partial charge in [0.25, 0.3) is 5.91 Å². The number of nitrogens with one attached hydrogen (secondary N) is 2. The van der Waals surface area contributed by atoms with Crippen LogP contribution in [0, 0.1) is 20.8 Å². The predicted molar refractivity (Wildman–Crippen MR) is 95.8 cm³/mol. The van der Waals surface area contributed by atoms with Crippen LogP contribution in [0.15, 0.2) is 24.7 Å². The number of carbonyl (C=O) groups is 1. The molecule has 10 nitrogen and oxygen atoms in total. The molecule has 4 aromatic rings. The van der Waals surface area contributed by atoms with Gasteiger partial charge in [-0.05, 0) is 26.8 Å². The van der Waals surface area contributed by atoms with Crippen LogP contribution in [0.3, 0.4) is 0 Å². The van der Waals surface area contributed by atoms with Gasteiger partial charge in [-0.2, -0.15) is 10.2 Å². The number of carbonyl (C=O) groups excluding carboxylic acids is 1. The highest BCUT2D eigenvalue weighted by Crippen LogP contribution is 2.16. The summed E-state index contributed by atoms with van der Waals surface area (Å²) in [4.78, 5) is 29.7. The first-order valence-corrected chi connectivity index (χ1v) is 8.32. The van der Waals surface area contributed by atoms with E-state index in [-0.39, 0.29) is 12.5 Å². The molecule has 27 heavy (non-hydrogen) atoms. The van der Waals surface area contributed by atoms with Crippen LogP contribution in [0.25, 0.3) is 17.2 Å². The van der Waals surface area contributed by atoms with Crippen molar-refractivity contribution < 1.29 is 4.79 Å². The Bertz CT molecular complexity index is 1130. The van der Waals surface area contributed by atoms with Gasteiger partial charge in [0.1, 0.15) is 17.1 Å². The molecule has 0 saturated heterocycles. The average Bonchev–Trinajstić information content (AvgIpc) is 3.25. The van der Waals surface area contributed by atoms with Crippen LogP contribution in [0.4, 0.5) is 0 Å². The Morgan fingerprint density at radius 1 is 1.22 bits per heavy atom. The molecule has 0 aromatic carbocycles. The largest absolute Gasteiger partial charge is 0.345 e. The van der Waals surface area contributed by atoms with Crippen LogP contribution < -0.4 is 5.32 Å². The Hall–Kier alpha value is -3.69. The highest BCUT2D eigenvalue weighted by atomic mass is 16.1. The third kappa shape index (κ3) is 3.12. The van der Waals surface area contributed by atoms with Crippen molar-refractivity contribution in [2.45, 2.75) is 27.3 Å². The molecule has 0 atom stereocenters. The Morgan fingerprint density at radius 3 is 2.85 bits per heavy atom. The molecule has 0 aliphatic rings. The van der Waals surface area contributed by atoms with E-state index in [2.05, 4.69) is 40.5 Å². The summed E-state index contributed by atoms with van der Waals surface area (Å²) in [7, 11) is 0. The van der Waals surface area contributed by atoms with E-state index in [9.17, 15) is 4.79 Å². The topological polar surface area (TPSA) is 127 Å². The van der Waals surface area contributed by atoms with E-state index in [1.807, 2.05) is 19.9 Å². The number of rotatable bonds is 4. The highest BCUT2D eigenvalue weighted by Gasteiger charge is 2.20. The van der Waals surface area contributed by atoms with Gasteiger partial charge in [-0.1, -0.05) is 0 Å². The molecule has 0 radical (unpaired) electrons. The van der Waals surface area contributed by atoms with Crippen molar-refractivity contribution in [3.63, 3.8) is 0 Å². The minimum Gasteiger partial charge on any atom is -0.345 e. The molecule has 0 saturated carbocycles. The molecule has 0 fully saturated rings. The first kappa shape index (κ1) is 16.8. The summed E-state index contributed by atoms with van der Waals surface area (Å²) in [6, 6.07) is 1.92. The Morgan fingerprint density at radius 2 is 2.07 bits per heavy atom. The molecule has 0 spiro atoms. The monoisotopic (exact) mass is 363 g/mol. The second kappa shape index (κ2) is 6.56. The number of nitrogens with zero attached hydrogens (tertiary/aromatic N) is 7. The van der Waals surface area contributed by atoms with E-state index in [0.717, 1.165) is 11.4 Å². The van der Waals surface area contributed by atoms with Gasteiger partial charge in [0.15, 0.2) is 5.65 Å². The first-order chi connectivity index (χ1) is 13.0. The lowest BCUT2D eigenvalue weighted by atomic mass is 10.2. The summed E-state index contributed by atoms with van der Waals surface area (Å²) in [5, 5.41) is 14.1. The molecule has 0 unspecified atom stereocenters. The van der Waals surface area contributed by atoms with Crippen molar-refractivity contribution in [1.82, 2.24) is 45.1 Å². The first-order valence-electron chi connectivity index (χ1n) is 8.32. The molecule has 0 aliphatic heterocycles. The Labute approximate surface area is 154 Å². The van der Waals surface area contributed by atoms with Crippen LogP contribution in [0.1, 0.15) is 33.3 Å². The minimum atomic E-state index is -0.266.